The van der Waals surface area contributed by atoms with E-state index in [1.54, 1.807) is 0 Å². The van der Waals surface area contributed by atoms with Crippen LogP contribution in [-0.2, 0) is 6.54 Å². The van der Waals surface area contributed by atoms with Crippen LogP contribution >= 0.6 is 0 Å². The first kappa shape index (κ1) is 13.1. The van der Waals surface area contributed by atoms with Crippen LogP contribution < -0.4 is 5.73 Å². The highest BCUT2D eigenvalue weighted by Crippen LogP contribution is 2.29. The summed E-state index contributed by atoms with van der Waals surface area (Å²) in [5.74, 6) is 0.956. The zero-order valence-corrected chi connectivity index (χ0v) is 11.1. The third-order valence-corrected chi connectivity index (χ3v) is 3.88. The van der Waals surface area contributed by atoms with Crippen molar-refractivity contribution in [2.45, 2.75) is 32.2 Å². The Labute approximate surface area is 109 Å². The number of hydrogen-bond acceptors (Lipinski definition) is 2. The summed E-state index contributed by atoms with van der Waals surface area (Å²) in [5.41, 5.74) is 7.36. The van der Waals surface area contributed by atoms with E-state index >= 15 is 0 Å². The predicted molar refractivity (Wildman–Crippen MR) is 73.3 cm³/mol. The Kier molecular flexibility index (Phi) is 4.37. The second-order valence-electron chi connectivity index (χ2n) is 5.21. The van der Waals surface area contributed by atoms with Crippen molar-refractivity contribution in [3.63, 3.8) is 0 Å². The number of carbonyl (C=O) groups excluding carboxylic acids is 1. The molecule has 1 fully saturated rings. The summed E-state index contributed by atoms with van der Waals surface area (Å²) in [6.07, 6.45) is 5.19. The zero-order chi connectivity index (χ0) is 13.0. The molecule has 0 aromatic heterocycles. The van der Waals surface area contributed by atoms with Crippen molar-refractivity contribution in [2.75, 3.05) is 13.6 Å². The second-order valence-corrected chi connectivity index (χ2v) is 5.21. The molecule has 3 heteroatoms. The van der Waals surface area contributed by atoms with E-state index in [1.807, 2.05) is 36.2 Å². The summed E-state index contributed by atoms with van der Waals surface area (Å²) in [5, 5.41) is 0. The molecule has 0 bridgehead atoms. The van der Waals surface area contributed by atoms with Gasteiger partial charge in [-0.05, 0) is 30.0 Å². The molecular weight excluding hydrogens is 224 g/mol. The van der Waals surface area contributed by atoms with Crippen LogP contribution in [0.5, 0.6) is 0 Å². The van der Waals surface area contributed by atoms with Gasteiger partial charge in [-0.25, -0.2) is 0 Å². The molecule has 98 valence electrons. The van der Waals surface area contributed by atoms with Gasteiger partial charge in [0.05, 0.1) is 0 Å². The molecule has 0 saturated heterocycles. The van der Waals surface area contributed by atoms with E-state index in [9.17, 15) is 4.79 Å². The summed E-state index contributed by atoms with van der Waals surface area (Å²) in [7, 11) is 1.89. The van der Waals surface area contributed by atoms with Gasteiger partial charge in [0.2, 0.25) is 0 Å². The molecule has 0 unspecified atom stereocenters. The number of hydrogen-bond donors (Lipinski definition) is 1. The van der Waals surface area contributed by atoms with Gasteiger partial charge < -0.3 is 10.6 Å². The van der Waals surface area contributed by atoms with Crippen LogP contribution in [0.3, 0.4) is 0 Å². The number of nitrogens with zero attached hydrogens (tertiary/aromatic N) is 1. The molecule has 1 aliphatic rings. The van der Waals surface area contributed by atoms with Gasteiger partial charge in [0.15, 0.2) is 0 Å². The quantitative estimate of drug-likeness (QED) is 0.867. The van der Waals surface area contributed by atoms with E-state index in [4.69, 9.17) is 5.73 Å². The fourth-order valence-electron chi connectivity index (χ4n) is 2.26. The van der Waals surface area contributed by atoms with E-state index in [0.29, 0.717) is 6.54 Å². The van der Waals surface area contributed by atoms with E-state index in [2.05, 4.69) is 0 Å². The van der Waals surface area contributed by atoms with Crippen molar-refractivity contribution >= 4 is 5.91 Å². The number of carbonyl (C=O) groups is 1. The van der Waals surface area contributed by atoms with Crippen LogP contribution in [0.4, 0.5) is 0 Å². The lowest BCUT2D eigenvalue weighted by atomic mass is 9.83. The van der Waals surface area contributed by atoms with Crippen molar-refractivity contribution < 1.29 is 4.79 Å². The lowest BCUT2D eigenvalue weighted by Crippen LogP contribution is -2.30. The fraction of sp³-hybridized carbons (Fsp3) is 0.533. The normalized spacial score (nSPS) is 15.2. The maximum Gasteiger partial charge on any atom is 0.253 e. The molecule has 1 amide bonds. The zero-order valence-electron chi connectivity index (χ0n) is 11.1. The fourth-order valence-corrected chi connectivity index (χ4v) is 2.26. The Balaban J connectivity index is 1.87. The molecule has 0 radical (unpaired) electrons. The van der Waals surface area contributed by atoms with Gasteiger partial charge in [-0.1, -0.05) is 31.4 Å². The van der Waals surface area contributed by atoms with E-state index in [1.165, 1.54) is 19.3 Å². The Hall–Kier alpha value is -1.35. The topological polar surface area (TPSA) is 46.3 Å². The summed E-state index contributed by atoms with van der Waals surface area (Å²) in [6, 6.07) is 7.58. The van der Waals surface area contributed by atoms with Crippen LogP contribution in [0.25, 0.3) is 0 Å². The van der Waals surface area contributed by atoms with Crippen molar-refractivity contribution in [1.82, 2.24) is 4.90 Å². The number of benzene rings is 1. The molecular formula is C15H22N2O. The van der Waals surface area contributed by atoms with Gasteiger partial charge >= 0.3 is 0 Å². The molecule has 18 heavy (non-hydrogen) atoms. The smallest absolute Gasteiger partial charge is 0.253 e. The van der Waals surface area contributed by atoms with Gasteiger partial charge in [0.1, 0.15) is 0 Å². The highest BCUT2D eigenvalue weighted by Gasteiger charge is 2.19. The second kappa shape index (κ2) is 6.01. The van der Waals surface area contributed by atoms with E-state index in [-0.39, 0.29) is 5.91 Å². The average molecular weight is 246 g/mol. The Morgan fingerprint density at radius 1 is 1.33 bits per heavy atom. The first-order valence-corrected chi connectivity index (χ1v) is 6.75. The Morgan fingerprint density at radius 2 is 2.00 bits per heavy atom. The maximum atomic E-state index is 12.2. The molecule has 1 aliphatic carbocycles. The molecule has 3 nitrogen and oxygen atoms in total. The summed E-state index contributed by atoms with van der Waals surface area (Å²) in [6.45, 7) is 1.38. The number of nitrogens with two attached hydrogens (primary N) is 1. The SMILES string of the molecule is CN(CCC1CCC1)C(=O)c1ccc(CN)cc1. The minimum atomic E-state index is 0.109. The van der Waals surface area contributed by atoms with Crippen molar-refractivity contribution in [3.05, 3.63) is 35.4 Å². The van der Waals surface area contributed by atoms with Crippen LogP contribution in [-0.4, -0.2) is 24.4 Å². The van der Waals surface area contributed by atoms with E-state index < -0.39 is 0 Å². The summed E-state index contributed by atoms with van der Waals surface area (Å²) >= 11 is 0. The van der Waals surface area contributed by atoms with Crippen LogP contribution in [0.2, 0.25) is 0 Å². The Bertz CT molecular complexity index is 395. The molecule has 0 heterocycles. The minimum Gasteiger partial charge on any atom is -0.342 e. The van der Waals surface area contributed by atoms with E-state index in [0.717, 1.165) is 30.0 Å². The lowest BCUT2D eigenvalue weighted by Gasteiger charge is -2.27. The first-order valence-electron chi connectivity index (χ1n) is 6.75. The van der Waals surface area contributed by atoms with Gasteiger partial charge in [0.25, 0.3) is 5.91 Å². The van der Waals surface area contributed by atoms with Gasteiger partial charge in [-0.2, -0.15) is 0 Å². The van der Waals surface area contributed by atoms with Crippen molar-refractivity contribution in [3.8, 4) is 0 Å². The largest absolute Gasteiger partial charge is 0.342 e. The lowest BCUT2D eigenvalue weighted by molar-refractivity contribution is 0.0779. The maximum absolute atomic E-state index is 12.2. The first-order chi connectivity index (χ1) is 8.70. The molecule has 1 aromatic carbocycles. The standard InChI is InChI=1S/C15H22N2O/c1-17(10-9-12-3-2-4-12)15(18)14-7-5-13(11-16)6-8-14/h5-8,12H,2-4,9-11,16H2,1H3. The molecule has 2 rings (SSSR count). The van der Waals surface area contributed by atoms with Gasteiger partial charge in [0, 0.05) is 25.7 Å². The highest BCUT2D eigenvalue weighted by molar-refractivity contribution is 5.94. The molecule has 0 aliphatic heterocycles. The third kappa shape index (κ3) is 3.10. The van der Waals surface area contributed by atoms with Crippen LogP contribution in [0.1, 0.15) is 41.6 Å². The Morgan fingerprint density at radius 3 is 2.50 bits per heavy atom. The molecule has 0 atom stereocenters. The number of rotatable bonds is 5. The molecule has 1 aromatic rings. The third-order valence-electron chi connectivity index (χ3n) is 3.88. The molecule has 0 spiro atoms. The summed E-state index contributed by atoms with van der Waals surface area (Å²) < 4.78 is 0. The van der Waals surface area contributed by atoms with Gasteiger partial charge in [-0.3, -0.25) is 4.79 Å². The monoisotopic (exact) mass is 246 g/mol. The van der Waals surface area contributed by atoms with Crippen molar-refractivity contribution in [2.24, 2.45) is 11.7 Å². The van der Waals surface area contributed by atoms with Crippen molar-refractivity contribution in [1.29, 1.82) is 0 Å². The highest BCUT2D eigenvalue weighted by atomic mass is 16.2. The van der Waals surface area contributed by atoms with Crippen LogP contribution in [0.15, 0.2) is 24.3 Å². The molecule has 2 N–H and O–H groups in total. The average Bonchev–Trinajstić information content (AvgIpc) is 2.36. The predicted octanol–water partition coefficient (Wildman–Crippen LogP) is 2.41. The molecule has 1 saturated carbocycles. The summed E-state index contributed by atoms with van der Waals surface area (Å²) in [4.78, 5) is 14.0. The minimum absolute atomic E-state index is 0.109. The van der Waals surface area contributed by atoms with Crippen LogP contribution in [0, 0.1) is 5.92 Å². The number of amides is 1. The van der Waals surface area contributed by atoms with Gasteiger partial charge in [-0.15, -0.1) is 0 Å².